The van der Waals surface area contributed by atoms with Crippen molar-refractivity contribution in [1.29, 1.82) is 0 Å². The number of nitrogens with one attached hydrogen (secondary N) is 1. The minimum Gasteiger partial charge on any atom is -0.480 e. The standard InChI is InChI=1S/C33H44N6O6.C28H33N5O4.C27H31N5O5.C5H13N.CO2/c1-6-14-39(44-7-2)31(41)24-16-22-11-10-21(17-26(22)37-29(34)18-24)23-12-13-25(35-19-23)32(42)38-15-8-9-27(38)30(40)36-20-28(45-43)33(3,4)5;1-4-12-33(37-5-2)27(35)22-14-20-9-8-19(15-24(20)31-26(29)16-22)21-10-11-23(30-17-21)28(36)32-13-6-7-25(32)18(3)34;1-3-11-32(37-4-2)25(33)20-13-18-8-7-17(14-22(18)30-24(28)15-20)19-9-10-21(29-16-19)26(34)31-12-5-6-23(31)27(35)36;1-5(2,3)4-6;2-1-3/h10-13,16-17,19,27-28,43H,6-9,14-15,18,20H2,1-5H3,(H2,34,37)(H,36,40);8-11,14-15,17,25H,4-7,12-13,16H2,1-3H3,(H2,29,31);7-10,13-14,16,23H,3-6,11-12,15H2,1-2H3,(H2,28,30)(H,35,36);4,6H2,1-3H3;/t27-,28?;25-;23-;;/m111../s1. The van der Waals surface area contributed by atoms with Crippen LogP contribution in [-0.2, 0) is 57.8 Å². The molecule has 3 aromatic heterocycles. The largest absolute Gasteiger partial charge is 0.480 e. The molecule has 12 rings (SSSR count). The molecule has 0 radical (unpaired) electrons. The number of nitrogens with two attached hydrogens (primary N) is 4. The summed E-state index contributed by atoms with van der Waals surface area (Å²) >= 11 is 0. The number of aromatic nitrogens is 3. The lowest BCUT2D eigenvalue weighted by molar-refractivity contribution is -0.297. The molecule has 0 bridgehead atoms. The number of amidine groups is 3. The number of hydrogen-bond donors (Lipinski definition) is 7. The van der Waals surface area contributed by atoms with Crippen LogP contribution in [-0.4, -0.2) is 228 Å². The number of hydroxylamine groups is 6. The summed E-state index contributed by atoms with van der Waals surface area (Å²) in [5, 5.41) is 25.5. The lowest BCUT2D eigenvalue weighted by atomic mass is 9.89. The summed E-state index contributed by atoms with van der Waals surface area (Å²) in [6.07, 6.45) is 16.7. The number of nitrogens with zero attached hydrogens (tertiary/aromatic N) is 12. The SMILES string of the molecule is CC(C)(C)CN.CCCN(OCC)C(=O)C1=Cc2ccc(-c3ccc(C(=O)N4CCC[C@@H]4C(=O)NCC(OO)C(C)(C)C)nc3)cc2N=C(N)C1.CCCN(OCC)C(=O)C1=Cc2ccc(-c3ccc(C(=O)N4CCC[C@@H]4C(=O)O)nc3)cc2N=C(N)C1.CCCN(OCC)C(=O)C1=Cc2ccc(-c3ccc(C(=O)N4CCC[C@@H]4C(C)=O)nc3)cc2N=C(N)C1.O=C=O. The van der Waals surface area contributed by atoms with Gasteiger partial charge in [0.05, 0.1) is 42.9 Å². The van der Waals surface area contributed by atoms with Crippen molar-refractivity contribution < 1.29 is 82.5 Å². The molecule has 0 spiro atoms. The van der Waals surface area contributed by atoms with Gasteiger partial charge in [-0.05, 0) is 174 Å². The van der Waals surface area contributed by atoms with Gasteiger partial charge in [0.2, 0.25) is 5.91 Å². The zero-order chi connectivity index (χ0) is 93.7. The fraction of sp³-hybridized carbons (Fsp3) is 0.447. The molecule has 128 heavy (non-hydrogen) atoms. The van der Waals surface area contributed by atoms with Gasteiger partial charge in [-0.3, -0.25) is 73.1 Å². The number of amides is 7. The topological polar surface area (TPSA) is 476 Å². The first kappa shape index (κ1) is 101. The van der Waals surface area contributed by atoms with E-state index in [1.54, 1.807) is 70.9 Å². The average Bonchev–Trinajstić information content (AvgIpc) is 1.43. The third-order valence-electron chi connectivity index (χ3n) is 21.3. The van der Waals surface area contributed by atoms with Gasteiger partial charge in [-0.2, -0.15) is 9.59 Å². The summed E-state index contributed by atoms with van der Waals surface area (Å²) in [6, 6.07) is 25.5. The van der Waals surface area contributed by atoms with E-state index in [1.165, 1.54) is 27.0 Å². The van der Waals surface area contributed by atoms with Crippen LogP contribution in [0.15, 0.2) is 141 Å². The van der Waals surface area contributed by atoms with E-state index in [2.05, 4.69) is 60.9 Å². The van der Waals surface area contributed by atoms with Crippen LogP contribution in [0.5, 0.6) is 0 Å². The Morgan fingerprint density at radius 2 is 0.797 bits per heavy atom. The molecular formula is C94H121N17O17. The van der Waals surface area contributed by atoms with Gasteiger partial charge >= 0.3 is 12.1 Å². The number of Topliss-reactive ketones (excluding diaryl/α,β-unsaturated/α-hetero) is 1. The molecule has 9 heterocycles. The van der Waals surface area contributed by atoms with Crippen molar-refractivity contribution in [3.63, 3.8) is 0 Å². The zero-order valence-corrected chi connectivity index (χ0v) is 75.4. The number of hydrogen-bond acceptors (Lipinski definition) is 26. The van der Waals surface area contributed by atoms with Crippen LogP contribution in [0.1, 0.15) is 215 Å². The maximum absolute atomic E-state index is 13.4. The molecular weight excluding hydrogens is 1640 g/mol. The molecule has 3 fully saturated rings. The van der Waals surface area contributed by atoms with E-state index >= 15 is 0 Å². The first-order valence-electron chi connectivity index (χ1n) is 43.3. The number of carbonyl (C=O) groups excluding carboxylic acids is 10. The van der Waals surface area contributed by atoms with E-state index in [0.717, 1.165) is 82.3 Å². The van der Waals surface area contributed by atoms with Crippen molar-refractivity contribution in [3.8, 4) is 33.4 Å². The van der Waals surface area contributed by atoms with Crippen molar-refractivity contribution >= 4 is 112 Å². The van der Waals surface area contributed by atoms with Gasteiger partial charge in [0.1, 0.15) is 52.8 Å². The van der Waals surface area contributed by atoms with Crippen LogP contribution >= 0.6 is 0 Å². The number of ketones is 1. The van der Waals surface area contributed by atoms with E-state index in [-0.39, 0.29) is 102 Å². The zero-order valence-electron chi connectivity index (χ0n) is 75.4. The number of carboxylic acids is 1. The number of rotatable bonds is 27. The van der Waals surface area contributed by atoms with Crippen molar-refractivity contribution in [2.24, 2.45) is 48.7 Å². The fourth-order valence-corrected chi connectivity index (χ4v) is 14.7. The summed E-state index contributed by atoms with van der Waals surface area (Å²) in [6.45, 7) is 30.0. The third kappa shape index (κ3) is 27.4. The number of fused-ring (bicyclic) bond motifs is 3. The maximum Gasteiger partial charge on any atom is 0.373 e. The van der Waals surface area contributed by atoms with Crippen LogP contribution in [0.4, 0.5) is 17.1 Å². The average molecular weight is 1760 g/mol. The fourth-order valence-electron chi connectivity index (χ4n) is 14.7. The molecule has 684 valence electrons. The van der Waals surface area contributed by atoms with Crippen molar-refractivity contribution in [1.82, 2.24) is 50.2 Å². The van der Waals surface area contributed by atoms with Crippen molar-refractivity contribution in [3.05, 3.63) is 160 Å². The Labute approximate surface area is 746 Å². The van der Waals surface area contributed by atoms with E-state index in [4.69, 9.17) is 47.0 Å². The lowest BCUT2D eigenvalue weighted by Crippen LogP contribution is -2.49. The Bertz CT molecular complexity index is 4950. The van der Waals surface area contributed by atoms with E-state index in [1.807, 2.05) is 129 Å². The summed E-state index contributed by atoms with van der Waals surface area (Å²) in [5.41, 5.74) is 35.1. The monoisotopic (exact) mass is 1760 g/mol. The Kier molecular flexibility index (Phi) is 37.6. The molecule has 4 atom stereocenters. The molecule has 1 unspecified atom stereocenters. The van der Waals surface area contributed by atoms with Gasteiger partial charge < -0.3 is 48.1 Å². The minimum atomic E-state index is -0.998. The highest BCUT2D eigenvalue weighted by Gasteiger charge is 2.39. The van der Waals surface area contributed by atoms with E-state index in [9.17, 15) is 53.5 Å². The molecule has 3 saturated heterocycles. The Morgan fingerprint density at radius 1 is 0.492 bits per heavy atom. The number of likely N-dealkylation sites (tertiary alicyclic amines) is 3. The van der Waals surface area contributed by atoms with Crippen LogP contribution in [0, 0.1) is 10.8 Å². The number of carbonyl (C=O) groups is 9. The summed E-state index contributed by atoms with van der Waals surface area (Å²) in [5.74, 6) is -1.92. The van der Waals surface area contributed by atoms with Gasteiger partial charge in [-0.25, -0.2) is 39.8 Å². The second kappa shape index (κ2) is 47.8. The molecule has 7 amide bonds. The van der Waals surface area contributed by atoms with Crippen molar-refractivity contribution in [2.75, 3.05) is 72.2 Å². The Balaban J connectivity index is 0.000000227. The first-order valence-corrected chi connectivity index (χ1v) is 43.3. The highest BCUT2D eigenvalue weighted by molar-refractivity contribution is 6.08. The van der Waals surface area contributed by atoms with Gasteiger partial charge in [0.25, 0.3) is 35.4 Å². The predicted octanol–water partition coefficient (Wildman–Crippen LogP) is 12.1. The van der Waals surface area contributed by atoms with E-state index in [0.29, 0.717) is 154 Å². The van der Waals surface area contributed by atoms with Crippen LogP contribution in [0.2, 0.25) is 0 Å². The summed E-state index contributed by atoms with van der Waals surface area (Å²) in [7, 11) is 0. The third-order valence-corrected chi connectivity index (χ3v) is 21.3. The smallest absolute Gasteiger partial charge is 0.373 e. The number of pyridine rings is 3. The number of aliphatic imine (C=N–C) groups is 3. The lowest BCUT2D eigenvalue weighted by Gasteiger charge is -2.29. The molecule has 0 aliphatic carbocycles. The van der Waals surface area contributed by atoms with Gasteiger partial charge in [0, 0.05) is 134 Å². The molecule has 6 aliphatic rings. The molecule has 11 N–H and O–H groups in total. The molecule has 0 saturated carbocycles. The van der Waals surface area contributed by atoms with Crippen molar-refractivity contribution in [2.45, 2.75) is 191 Å². The second-order valence-corrected chi connectivity index (χ2v) is 33.4. The van der Waals surface area contributed by atoms with Crippen LogP contribution in [0.25, 0.3) is 51.6 Å². The Morgan fingerprint density at radius 3 is 1.07 bits per heavy atom. The normalized spacial score (nSPS) is 16.4. The quantitative estimate of drug-likeness (QED) is 0.0186. The van der Waals surface area contributed by atoms with E-state index < -0.39 is 24.2 Å². The number of carboxylic acid groups (broad SMARTS) is 1. The van der Waals surface area contributed by atoms with Crippen LogP contribution < -0.4 is 28.3 Å². The molecule has 6 aromatic rings. The molecule has 3 aromatic carbocycles. The van der Waals surface area contributed by atoms with Gasteiger partial charge in [0.15, 0.2) is 5.78 Å². The first-order chi connectivity index (χ1) is 61.1. The number of benzene rings is 3. The van der Waals surface area contributed by atoms with Crippen LogP contribution in [0.3, 0.4) is 0 Å². The molecule has 34 heteroatoms. The predicted molar refractivity (Wildman–Crippen MR) is 486 cm³/mol. The summed E-state index contributed by atoms with van der Waals surface area (Å²) < 4.78 is 0. The highest BCUT2D eigenvalue weighted by atomic mass is 17.1. The highest BCUT2D eigenvalue weighted by Crippen LogP contribution is 2.37. The minimum absolute atomic E-state index is 0.00199. The number of aliphatic carboxylic acids is 1. The summed E-state index contributed by atoms with van der Waals surface area (Å²) in [4.78, 5) is 183. The van der Waals surface area contributed by atoms with Gasteiger partial charge in [-0.1, -0.05) is 117 Å². The van der Waals surface area contributed by atoms with Gasteiger partial charge in [-0.15, -0.1) is 0 Å². The molecule has 6 aliphatic heterocycles. The maximum atomic E-state index is 13.4. The molecule has 34 nitrogen and oxygen atoms in total. The second-order valence-electron chi connectivity index (χ2n) is 33.4. The Hall–Kier alpha value is -12.7.